The molecule has 0 saturated heterocycles. The molecule has 2 rings (SSSR count). The number of carbonyl (C=O) groups excluding carboxylic acids is 1. The van der Waals surface area contributed by atoms with Gasteiger partial charge in [0.25, 0.3) is 0 Å². The summed E-state index contributed by atoms with van der Waals surface area (Å²) in [6.07, 6.45) is 2.64. The number of hydrogen-bond acceptors (Lipinski definition) is 1. The van der Waals surface area contributed by atoms with Gasteiger partial charge in [0.05, 0.1) is 6.04 Å². The van der Waals surface area contributed by atoms with Crippen molar-refractivity contribution in [2.75, 3.05) is 0 Å². The van der Waals surface area contributed by atoms with Crippen LogP contribution < -0.4 is 5.32 Å². The summed E-state index contributed by atoms with van der Waals surface area (Å²) in [5, 5.41) is 3.05. The molecule has 0 aromatic heterocycles. The maximum atomic E-state index is 11.3. The van der Waals surface area contributed by atoms with Crippen molar-refractivity contribution in [2.45, 2.75) is 32.2 Å². The molecule has 1 aliphatic carbocycles. The molecule has 0 aliphatic heterocycles. The molecule has 3 heteroatoms. The first kappa shape index (κ1) is 10.7. The van der Waals surface area contributed by atoms with Gasteiger partial charge in [-0.2, -0.15) is 0 Å². The number of carbonyl (C=O) groups is 1. The molecule has 1 aliphatic rings. The number of benzene rings is 1. The van der Waals surface area contributed by atoms with Crippen molar-refractivity contribution in [3.8, 4) is 0 Å². The summed E-state index contributed by atoms with van der Waals surface area (Å²) in [6, 6.07) is 6.51. The second-order valence-electron chi connectivity index (χ2n) is 3.86. The van der Waals surface area contributed by atoms with Gasteiger partial charge in [-0.3, -0.25) is 4.79 Å². The highest BCUT2D eigenvalue weighted by Crippen LogP contribution is 2.32. The van der Waals surface area contributed by atoms with Crippen LogP contribution in [0.25, 0.3) is 0 Å². The Balaban J connectivity index is 2.18. The molecule has 0 heterocycles. The lowest BCUT2D eigenvalue weighted by Gasteiger charge is -2.13. The third-order valence-corrected chi connectivity index (χ3v) is 3.33. The molecule has 0 spiro atoms. The minimum atomic E-state index is 0.135. The summed E-state index contributed by atoms with van der Waals surface area (Å²) in [7, 11) is 0. The monoisotopic (exact) mass is 267 g/mol. The summed E-state index contributed by atoms with van der Waals surface area (Å²) in [5.41, 5.74) is 2.63. The van der Waals surface area contributed by atoms with Gasteiger partial charge < -0.3 is 5.32 Å². The second kappa shape index (κ2) is 4.35. The maximum absolute atomic E-state index is 11.3. The van der Waals surface area contributed by atoms with E-state index in [-0.39, 0.29) is 11.9 Å². The van der Waals surface area contributed by atoms with E-state index in [0.717, 1.165) is 17.3 Å². The fourth-order valence-electron chi connectivity index (χ4n) is 2.03. The fraction of sp³-hybridized carbons (Fsp3) is 0.417. The van der Waals surface area contributed by atoms with Crippen LogP contribution in [0.4, 0.5) is 0 Å². The van der Waals surface area contributed by atoms with E-state index in [2.05, 4.69) is 33.4 Å². The van der Waals surface area contributed by atoms with Crippen LogP contribution in [-0.4, -0.2) is 5.91 Å². The Bertz CT molecular complexity index is 389. The van der Waals surface area contributed by atoms with Crippen molar-refractivity contribution in [1.82, 2.24) is 5.32 Å². The Morgan fingerprint density at radius 1 is 1.60 bits per heavy atom. The molecule has 0 bridgehead atoms. The van der Waals surface area contributed by atoms with Gasteiger partial charge in [0, 0.05) is 10.9 Å². The molecule has 15 heavy (non-hydrogen) atoms. The van der Waals surface area contributed by atoms with Crippen LogP contribution in [0.15, 0.2) is 22.7 Å². The SMILES string of the molecule is CCC(=O)NC1CCc2cc(Br)ccc21. The van der Waals surface area contributed by atoms with Crippen molar-refractivity contribution in [3.63, 3.8) is 0 Å². The predicted molar refractivity (Wildman–Crippen MR) is 63.6 cm³/mol. The number of rotatable bonds is 2. The third kappa shape index (κ3) is 2.23. The lowest BCUT2D eigenvalue weighted by molar-refractivity contribution is -0.121. The Kier molecular flexibility index (Phi) is 3.10. The van der Waals surface area contributed by atoms with Crippen LogP contribution in [-0.2, 0) is 11.2 Å². The standard InChI is InChI=1S/C12H14BrNO/c1-2-12(15)14-11-6-3-8-7-9(13)4-5-10(8)11/h4-5,7,11H,2-3,6H2,1H3,(H,14,15). The number of amides is 1. The van der Waals surface area contributed by atoms with Crippen LogP contribution in [0.5, 0.6) is 0 Å². The second-order valence-corrected chi connectivity index (χ2v) is 4.77. The smallest absolute Gasteiger partial charge is 0.220 e. The van der Waals surface area contributed by atoms with Crippen LogP contribution in [0.2, 0.25) is 0 Å². The quantitative estimate of drug-likeness (QED) is 0.877. The normalized spacial score (nSPS) is 18.7. The fourth-order valence-corrected chi connectivity index (χ4v) is 2.44. The van der Waals surface area contributed by atoms with Gasteiger partial charge in [0.2, 0.25) is 5.91 Å². The van der Waals surface area contributed by atoms with Gasteiger partial charge in [0.15, 0.2) is 0 Å². The zero-order valence-corrected chi connectivity index (χ0v) is 10.3. The van der Waals surface area contributed by atoms with Crippen LogP contribution in [0, 0.1) is 0 Å². The molecule has 1 amide bonds. The van der Waals surface area contributed by atoms with Gasteiger partial charge >= 0.3 is 0 Å². The molecule has 2 nitrogen and oxygen atoms in total. The zero-order chi connectivity index (χ0) is 10.8. The van der Waals surface area contributed by atoms with Crippen molar-refractivity contribution >= 4 is 21.8 Å². The first-order chi connectivity index (χ1) is 7.20. The van der Waals surface area contributed by atoms with Gasteiger partial charge in [-0.1, -0.05) is 28.9 Å². The molecule has 1 atom stereocenters. The van der Waals surface area contributed by atoms with Crippen LogP contribution >= 0.6 is 15.9 Å². The number of halogens is 1. The minimum Gasteiger partial charge on any atom is -0.349 e. The van der Waals surface area contributed by atoms with Gasteiger partial charge in [-0.05, 0) is 36.1 Å². The number of aryl methyl sites for hydroxylation is 1. The Morgan fingerprint density at radius 3 is 3.13 bits per heavy atom. The van der Waals surface area contributed by atoms with Crippen molar-refractivity contribution in [2.24, 2.45) is 0 Å². The highest BCUT2D eigenvalue weighted by atomic mass is 79.9. The lowest BCUT2D eigenvalue weighted by Crippen LogP contribution is -2.26. The average molecular weight is 268 g/mol. The van der Waals surface area contributed by atoms with Crippen LogP contribution in [0.1, 0.15) is 36.9 Å². The number of nitrogens with one attached hydrogen (secondary N) is 1. The van der Waals surface area contributed by atoms with E-state index in [0.29, 0.717) is 6.42 Å². The molecular formula is C12H14BrNO. The van der Waals surface area contributed by atoms with E-state index in [1.165, 1.54) is 11.1 Å². The summed E-state index contributed by atoms with van der Waals surface area (Å²) in [4.78, 5) is 11.3. The van der Waals surface area contributed by atoms with Crippen molar-refractivity contribution in [3.05, 3.63) is 33.8 Å². The summed E-state index contributed by atoms with van der Waals surface area (Å²) >= 11 is 3.46. The van der Waals surface area contributed by atoms with E-state index in [1.807, 2.05) is 13.0 Å². The zero-order valence-electron chi connectivity index (χ0n) is 8.72. The van der Waals surface area contributed by atoms with Gasteiger partial charge in [-0.25, -0.2) is 0 Å². The molecule has 0 radical (unpaired) electrons. The highest BCUT2D eigenvalue weighted by Gasteiger charge is 2.23. The van der Waals surface area contributed by atoms with Crippen molar-refractivity contribution < 1.29 is 4.79 Å². The Hall–Kier alpha value is -0.830. The van der Waals surface area contributed by atoms with Gasteiger partial charge in [-0.15, -0.1) is 0 Å². The van der Waals surface area contributed by atoms with Gasteiger partial charge in [0.1, 0.15) is 0 Å². The molecule has 80 valence electrons. The van der Waals surface area contributed by atoms with E-state index >= 15 is 0 Å². The van der Waals surface area contributed by atoms with Crippen LogP contribution in [0.3, 0.4) is 0 Å². The third-order valence-electron chi connectivity index (χ3n) is 2.84. The highest BCUT2D eigenvalue weighted by molar-refractivity contribution is 9.10. The number of hydrogen-bond donors (Lipinski definition) is 1. The summed E-state index contributed by atoms with van der Waals surface area (Å²) < 4.78 is 1.11. The molecule has 1 N–H and O–H groups in total. The maximum Gasteiger partial charge on any atom is 0.220 e. The largest absolute Gasteiger partial charge is 0.349 e. The molecule has 1 unspecified atom stereocenters. The predicted octanol–water partition coefficient (Wildman–Crippen LogP) is 2.96. The molecule has 0 saturated carbocycles. The van der Waals surface area contributed by atoms with E-state index in [9.17, 15) is 4.79 Å². The van der Waals surface area contributed by atoms with Crippen molar-refractivity contribution in [1.29, 1.82) is 0 Å². The van der Waals surface area contributed by atoms with E-state index < -0.39 is 0 Å². The Labute approximate surface area is 98.2 Å². The molecule has 1 aromatic rings. The Morgan fingerprint density at radius 2 is 2.40 bits per heavy atom. The lowest BCUT2D eigenvalue weighted by atomic mass is 10.1. The minimum absolute atomic E-state index is 0.135. The van der Waals surface area contributed by atoms with E-state index in [1.54, 1.807) is 0 Å². The molecular weight excluding hydrogens is 254 g/mol. The summed E-state index contributed by atoms with van der Waals surface area (Å²) in [6.45, 7) is 1.88. The first-order valence-corrected chi connectivity index (χ1v) is 6.07. The first-order valence-electron chi connectivity index (χ1n) is 5.28. The number of fused-ring (bicyclic) bond motifs is 1. The average Bonchev–Trinajstić information content (AvgIpc) is 2.60. The molecule has 0 fully saturated rings. The molecule has 1 aromatic carbocycles. The van der Waals surface area contributed by atoms with E-state index in [4.69, 9.17) is 0 Å². The summed E-state index contributed by atoms with van der Waals surface area (Å²) in [5.74, 6) is 0.135. The topological polar surface area (TPSA) is 29.1 Å².